The van der Waals surface area contributed by atoms with Crippen LogP contribution >= 0.6 is 27.3 Å². The lowest BCUT2D eigenvalue weighted by atomic mass is 10.2. The van der Waals surface area contributed by atoms with E-state index in [-0.39, 0.29) is 11.7 Å². The molecule has 1 aromatic rings. The van der Waals surface area contributed by atoms with Crippen molar-refractivity contribution >= 4 is 39.3 Å². The molecule has 0 unspecified atom stereocenters. The summed E-state index contributed by atoms with van der Waals surface area (Å²) in [6, 6.07) is 3.79. The van der Waals surface area contributed by atoms with Crippen molar-refractivity contribution in [3.05, 3.63) is 25.9 Å². The van der Waals surface area contributed by atoms with E-state index in [2.05, 4.69) is 22.9 Å². The van der Waals surface area contributed by atoms with Crippen LogP contribution in [0.25, 0.3) is 6.08 Å². The Hall–Kier alpha value is -1.12. The molecular formula is C13H14BrNO2S. The number of halogens is 1. The monoisotopic (exact) mass is 327 g/mol. The molecule has 1 rings (SSSR count). The number of hydrogen-bond donors (Lipinski definition) is 0. The fourth-order valence-electron chi connectivity index (χ4n) is 1.29. The highest BCUT2D eigenvalue weighted by Gasteiger charge is 2.13. The van der Waals surface area contributed by atoms with Gasteiger partial charge in [-0.1, -0.05) is 6.92 Å². The first-order valence-electron chi connectivity index (χ1n) is 5.58. The lowest BCUT2D eigenvalue weighted by molar-refractivity contribution is -0.142. The minimum atomic E-state index is -0.574. The van der Waals surface area contributed by atoms with Gasteiger partial charge in [0.15, 0.2) is 0 Å². The molecular weight excluding hydrogens is 314 g/mol. The third-order valence-corrected chi connectivity index (χ3v) is 4.26. The lowest BCUT2D eigenvalue weighted by Crippen LogP contribution is -2.12. The number of hydrogen-bond acceptors (Lipinski definition) is 4. The maximum Gasteiger partial charge on any atom is 0.349 e. The van der Waals surface area contributed by atoms with Crippen LogP contribution in [0.4, 0.5) is 0 Å². The molecule has 0 aliphatic carbocycles. The largest absolute Gasteiger partial charge is 0.459 e. The Morgan fingerprint density at radius 3 is 2.78 bits per heavy atom. The molecule has 0 fully saturated rings. The molecule has 96 valence electrons. The van der Waals surface area contributed by atoms with Crippen LogP contribution in [-0.2, 0) is 16.0 Å². The topological polar surface area (TPSA) is 50.1 Å². The number of rotatable bonds is 4. The lowest BCUT2D eigenvalue weighted by Gasteiger charge is -2.05. The Kier molecular flexibility index (Phi) is 5.57. The smallest absolute Gasteiger partial charge is 0.349 e. The van der Waals surface area contributed by atoms with E-state index < -0.39 is 5.97 Å². The van der Waals surface area contributed by atoms with Gasteiger partial charge in [-0.3, -0.25) is 0 Å². The number of carbonyl (C=O) groups excluding carboxylic acids is 1. The van der Waals surface area contributed by atoms with Gasteiger partial charge < -0.3 is 4.74 Å². The highest BCUT2D eigenvalue weighted by Crippen LogP contribution is 2.29. The molecule has 0 N–H and O–H groups in total. The second-order valence-electron chi connectivity index (χ2n) is 3.90. The van der Waals surface area contributed by atoms with Crippen LogP contribution in [0.2, 0.25) is 0 Å². The van der Waals surface area contributed by atoms with Gasteiger partial charge in [-0.15, -0.1) is 11.3 Å². The fourth-order valence-corrected chi connectivity index (χ4v) is 3.15. The fraction of sp³-hybridized carbons (Fsp3) is 0.385. The van der Waals surface area contributed by atoms with Crippen molar-refractivity contribution < 1.29 is 9.53 Å². The van der Waals surface area contributed by atoms with E-state index >= 15 is 0 Å². The zero-order chi connectivity index (χ0) is 13.7. The van der Waals surface area contributed by atoms with Gasteiger partial charge in [-0.25, -0.2) is 4.79 Å². The van der Waals surface area contributed by atoms with Gasteiger partial charge in [0.1, 0.15) is 11.6 Å². The van der Waals surface area contributed by atoms with Crippen molar-refractivity contribution in [1.29, 1.82) is 5.26 Å². The van der Waals surface area contributed by atoms with E-state index in [4.69, 9.17) is 10.00 Å². The quantitative estimate of drug-likeness (QED) is 0.478. The van der Waals surface area contributed by atoms with E-state index in [1.807, 2.05) is 12.1 Å². The van der Waals surface area contributed by atoms with E-state index in [1.54, 1.807) is 31.3 Å². The molecule has 18 heavy (non-hydrogen) atoms. The average molecular weight is 328 g/mol. The summed E-state index contributed by atoms with van der Waals surface area (Å²) in [4.78, 5) is 13.7. The minimum Gasteiger partial charge on any atom is -0.459 e. The highest BCUT2D eigenvalue weighted by atomic mass is 79.9. The standard InChI is InChI=1S/C13H14BrNO2S/c1-4-12-11(14)6-10(18-12)5-9(7-15)13(16)17-8(2)3/h5-6,8H,4H2,1-3H3. The zero-order valence-corrected chi connectivity index (χ0v) is 12.9. The molecule has 0 spiro atoms. The summed E-state index contributed by atoms with van der Waals surface area (Å²) in [6.45, 7) is 5.57. The molecule has 0 saturated carbocycles. The van der Waals surface area contributed by atoms with Gasteiger partial charge in [0.05, 0.1) is 6.10 Å². The van der Waals surface area contributed by atoms with Crippen LogP contribution < -0.4 is 0 Å². The van der Waals surface area contributed by atoms with E-state index in [1.165, 1.54) is 4.88 Å². The third-order valence-electron chi connectivity index (χ3n) is 2.07. The molecule has 1 heterocycles. The SMILES string of the molecule is CCc1sc(C=C(C#N)C(=O)OC(C)C)cc1Br. The molecule has 5 heteroatoms. The summed E-state index contributed by atoms with van der Waals surface area (Å²) in [6.07, 6.45) is 2.26. The normalized spacial score (nSPS) is 11.4. The second-order valence-corrected chi connectivity index (χ2v) is 5.92. The van der Waals surface area contributed by atoms with Crippen molar-refractivity contribution in [2.75, 3.05) is 0 Å². The Bertz CT molecular complexity index is 512. The molecule has 0 radical (unpaired) electrons. The Balaban J connectivity index is 2.97. The first kappa shape index (κ1) is 14.9. The Morgan fingerprint density at radius 2 is 2.33 bits per heavy atom. The molecule has 0 aliphatic heterocycles. The van der Waals surface area contributed by atoms with Gasteiger partial charge in [-0.2, -0.15) is 5.26 Å². The summed E-state index contributed by atoms with van der Waals surface area (Å²) in [5, 5.41) is 8.98. The highest BCUT2D eigenvalue weighted by molar-refractivity contribution is 9.10. The van der Waals surface area contributed by atoms with Gasteiger partial charge >= 0.3 is 5.97 Å². The van der Waals surface area contributed by atoms with Crippen LogP contribution in [0.3, 0.4) is 0 Å². The summed E-state index contributed by atoms with van der Waals surface area (Å²) in [5.41, 5.74) is 0.0279. The van der Waals surface area contributed by atoms with Crippen LogP contribution in [0, 0.1) is 11.3 Å². The van der Waals surface area contributed by atoms with Crippen molar-refractivity contribution in [2.24, 2.45) is 0 Å². The molecule has 3 nitrogen and oxygen atoms in total. The number of nitriles is 1. The van der Waals surface area contributed by atoms with Crippen LogP contribution in [0.5, 0.6) is 0 Å². The van der Waals surface area contributed by atoms with Gasteiger partial charge in [0.25, 0.3) is 0 Å². The number of aryl methyl sites for hydroxylation is 1. The van der Waals surface area contributed by atoms with Crippen LogP contribution in [0.1, 0.15) is 30.5 Å². The molecule has 0 atom stereocenters. The number of thiophene rings is 1. The maximum atomic E-state index is 11.6. The predicted molar refractivity (Wildman–Crippen MR) is 76.2 cm³/mol. The molecule has 0 amide bonds. The number of ether oxygens (including phenoxy) is 1. The van der Waals surface area contributed by atoms with E-state index in [0.29, 0.717) is 0 Å². The minimum absolute atomic E-state index is 0.0279. The van der Waals surface area contributed by atoms with Crippen LogP contribution in [-0.4, -0.2) is 12.1 Å². The molecule has 0 bridgehead atoms. The summed E-state index contributed by atoms with van der Waals surface area (Å²) in [7, 11) is 0. The summed E-state index contributed by atoms with van der Waals surface area (Å²) < 4.78 is 6.01. The van der Waals surface area contributed by atoms with Crippen molar-refractivity contribution in [3.63, 3.8) is 0 Å². The third kappa shape index (κ3) is 3.97. The van der Waals surface area contributed by atoms with Gasteiger partial charge in [0.2, 0.25) is 0 Å². The van der Waals surface area contributed by atoms with Crippen molar-refractivity contribution in [1.82, 2.24) is 0 Å². The number of esters is 1. The summed E-state index contributed by atoms with van der Waals surface area (Å²) in [5.74, 6) is -0.574. The number of nitrogens with zero attached hydrogens (tertiary/aromatic N) is 1. The number of carbonyl (C=O) groups is 1. The first-order valence-corrected chi connectivity index (χ1v) is 7.19. The van der Waals surface area contributed by atoms with Crippen molar-refractivity contribution in [3.8, 4) is 6.07 Å². The average Bonchev–Trinajstić information content (AvgIpc) is 2.65. The van der Waals surface area contributed by atoms with Gasteiger partial charge in [0, 0.05) is 14.2 Å². The molecule has 1 aromatic heterocycles. The van der Waals surface area contributed by atoms with E-state index in [0.717, 1.165) is 15.8 Å². The predicted octanol–water partition coefficient (Wildman–Crippen LogP) is 3.93. The zero-order valence-electron chi connectivity index (χ0n) is 10.5. The Morgan fingerprint density at radius 1 is 1.67 bits per heavy atom. The van der Waals surface area contributed by atoms with E-state index in [9.17, 15) is 4.79 Å². The Labute approximate surface area is 119 Å². The first-order chi connectivity index (χ1) is 8.47. The molecule has 0 aliphatic rings. The summed E-state index contributed by atoms with van der Waals surface area (Å²) >= 11 is 5.01. The van der Waals surface area contributed by atoms with Gasteiger partial charge in [-0.05, 0) is 48.3 Å². The maximum absolute atomic E-state index is 11.6. The van der Waals surface area contributed by atoms with Crippen LogP contribution in [0.15, 0.2) is 16.1 Å². The van der Waals surface area contributed by atoms with Crippen molar-refractivity contribution in [2.45, 2.75) is 33.3 Å². The molecule has 0 saturated heterocycles. The second kappa shape index (κ2) is 6.72. The molecule has 0 aromatic carbocycles.